The predicted molar refractivity (Wildman–Crippen MR) is 70.4 cm³/mol. The van der Waals surface area contributed by atoms with Crippen LogP contribution in [0.3, 0.4) is 0 Å². The zero-order valence-corrected chi connectivity index (χ0v) is 11.7. The number of hydrogen-bond donors (Lipinski definition) is 1. The minimum absolute atomic E-state index is 0.0706. The number of amides is 1. The number of carboxylic acid groups (broad SMARTS) is 1. The number of aromatic nitrogens is 1. The summed E-state index contributed by atoms with van der Waals surface area (Å²) in [5.74, 6) is -1.27. The van der Waals surface area contributed by atoms with Gasteiger partial charge in [-0.3, -0.25) is 14.2 Å². The topological polar surface area (TPSA) is 79.6 Å². The standard InChI is InChI=1S/C12H16N2O4S/c1-7-8(2)19-12(18)14(7)6-10(15)13-5-3-4-9(13)11(16)17/h9H,3-6H2,1-2H3,(H,16,17). The number of nitrogens with zero attached hydrogens (tertiary/aromatic N) is 2. The van der Waals surface area contributed by atoms with E-state index in [0.717, 1.165) is 21.9 Å². The highest BCUT2D eigenvalue weighted by Crippen LogP contribution is 2.18. The summed E-state index contributed by atoms with van der Waals surface area (Å²) >= 11 is 1.11. The van der Waals surface area contributed by atoms with Gasteiger partial charge in [0, 0.05) is 17.1 Å². The molecule has 104 valence electrons. The molecule has 0 spiro atoms. The first-order valence-electron chi connectivity index (χ1n) is 6.11. The molecule has 0 radical (unpaired) electrons. The molecule has 6 nitrogen and oxygen atoms in total. The lowest BCUT2D eigenvalue weighted by molar-refractivity contribution is -0.148. The summed E-state index contributed by atoms with van der Waals surface area (Å²) < 4.78 is 1.42. The Morgan fingerprint density at radius 1 is 1.42 bits per heavy atom. The second-order valence-corrected chi connectivity index (χ2v) is 5.84. The zero-order valence-electron chi connectivity index (χ0n) is 10.9. The van der Waals surface area contributed by atoms with Crippen molar-refractivity contribution in [2.24, 2.45) is 0 Å². The molecule has 7 heteroatoms. The smallest absolute Gasteiger partial charge is 0.326 e. The van der Waals surface area contributed by atoms with E-state index in [1.54, 1.807) is 6.92 Å². The number of aryl methyl sites for hydroxylation is 1. The summed E-state index contributed by atoms with van der Waals surface area (Å²) in [5, 5.41) is 9.05. The van der Waals surface area contributed by atoms with E-state index in [1.165, 1.54) is 9.47 Å². The number of carbonyl (C=O) groups is 2. The second-order valence-electron chi connectivity index (χ2n) is 4.68. The quantitative estimate of drug-likeness (QED) is 0.881. The number of rotatable bonds is 3. The maximum atomic E-state index is 12.2. The average Bonchev–Trinajstić information content (AvgIpc) is 2.90. The van der Waals surface area contributed by atoms with Crippen LogP contribution in [0.4, 0.5) is 0 Å². The minimum Gasteiger partial charge on any atom is -0.480 e. The van der Waals surface area contributed by atoms with Crippen molar-refractivity contribution in [1.29, 1.82) is 0 Å². The summed E-state index contributed by atoms with van der Waals surface area (Å²) in [6.45, 7) is 4.00. The van der Waals surface area contributed by atoms with Gasteiger partial charge in [0.25, 0.3) is 0 Å². The molecule has 1 aliphatic rings. The lowest BCUT2D eigenvalue weighted by Gasteiger charge is -2.21. The Labute approximate surface area is 114 Å². The Hall–Kier alpha value is -1.63. The van der Waals surface area contributed by atoms with Crippen molar-refractivity contribution in [2.75, 3.05) is 6.54 Å². The molecule has 1 amide bonds. The Bertz CT molecular complexity index is 575. The normalized spacial score (nSPS) is 18.8. The molecule has 2 rings (SSSR count). The monoisotopic (exact) mass is 284 g/mol. The van der Waals surface area contributed by atoms with E-state index in [2.05, 4.69) is 0 Å². The van der Waals surface area contributed by atoms with Crippen LogP contribution >= 0.6 is 11.3 Å². The van der Waals surface area contributed by atoms with Crippen molar-refractivity contribution in [1.82, 2.24) is 9.47 Å². The van der Waals surface area contributed by atoms with Gasteiger partial charge in [0.05, 0.1) is 0 Å². The first-order chi connectivity index (χ1) is 8.91. The highest BCUT2D eigenvalue weighted by atomic mass is 32.1. The van der Waals surface area contributed by atoms with Gasteiger partial charge in [0.2, 0.25) is 5.91 Å². The molecule has 0 bridgehead atoms. The molecular formula is C12H16N2O4S. The number of carboxylic acids is 1. The highest BCUT2D eigenvalue weighted by Gasteiger charge is 2.34. The van der Waals surface area contributed by atoms with Crippen LogP contribution in [0, 0.1) is 13.8 Å². The largest absolute Gasteiger partial charge is 0.480 e. The lowest BCUT2D eigenvalue weighted by Crippen LogP contribution is -2.42. The van der Waals surface area contributed by atoms with Crippen LogP contribution in [0.1, 0.15) is 23.4 Å². The van der Waals surface area contributed by atoms with Gasteiger partial charge in [-0.2, -0.15) is 0 Å². The van der Waals surface area contributed by atoms with Crippen LogP contribution < -0.4 is 4.87 Å². The average molecular weight is 284 g/mol. The van der Waals surface area contributed by atoms with Gasteiger partial charge in [-0.25, -0.2) is 4.79 Å². The van der Waals surface area contributed by atoms with Gasteiger partial charge < -0.3 is 10.0 Å². The number of thiazole rings is 1. The van der Waals surface area contributed by atoms with Crippen molar-refractivity contribution in [3.05, 3.63) is 20.2 Å². The number of hydrogen-bond acceptors (Lipinski definition) is 4. The van der Waals surface area contributed by atoms with Gasteiger partial charge in [-0.15, -0.1) is 0 Å². The Kier molecular flexibility index (Phi) is 3.75. The van der Waals surface area contributed by atoms with E-state index in [4.69, 9.17) is 5.11 Å². The molecule has 1 aromatic rings. The van der Waals surface area contributed by atoms with Crippen LogP contribution in [0.15, 0.2) is 4.79 Å². The van der Waals surface area contributed by atoms with Crippen LogP contribution in [-0.2, 0) is 16.1 Å². The van der Waals surface area contributed by atoms with E-state index < -0.39 is 12.0 Å². The molecule has 0 saturated carbocycles. The van der Waals surface area contributed by atoms with Crippen molar-refractivity contribution in [3.63, 3.8) is 0 Å². The first kappa shape index (κ1) is 13.8. The van der Waals surface area contributed by atoms with Crippen molar-refractivity contribution in [2.45, 2.75) is 39.3 Å². The minimum atomic E-state index is -0.976. The van der Waals surface area contributed by atoms with Crippen LogP contribution in [0.25, 0.3) is 0 Å². The molecule has 1 saturated heterocycles. The van der Waals surface area contributed by atoms with E-state index in [-0.39, 0.29) is 17.3 Å². The predicted octanol–water partition coefficient (Wildman–Crippen LogP) is 0.602. The third-order valence-electron chi connectivity index (χ3n) is 3.53. The Morgan fingerprint density at radius 2 is 2.11 bits per heavy atom. The molecule has 0 aromatic carbocycles. The molecule has 1 atom stereocenters. The van der Waals surface area contributed by atoms with E-state index in [9.17, 15) is 14.4 Å². The lowest BCUT2D eigenvalue weighted by atomic mass is 10.2. The number of carbonyl (C=O) groups excluding carboxylic acids is 1. The van der Waals surface area contributed by atoms with Gasteiger partial charge in [-0.1, -0.05) is 11.3 Å². The number of likely N-dealkylation sites (tertiary alicyclic amines) is 1. The van der Waals surface area contributed by atoms with Crippen molar-refractivity contribution >= 4 is 23.2 Å². The molecule has 19 heavy (non-hydrogen) atoms. The maximum Gasteiger partial charge on any atom is 0.326 e. The van der Waals surface area contributed by atoms with Gasteiger partial charge in [0.1, 0.15) is 12.6 Å². The molecule has 1 aromatic heterocycles. The summed E-state index contributed by atoms with van der Waals surface area (Å²) in [5.41, 5.74) is 0.773. The summed E-state index contributed by atoms with van der Waals surface area (Å²) in [4.78, 5) is 37.0. The summed E-state index contributed by atoms with van der Waals surface area (Å²) in [6.07, 6.45) is 1.18. The highest BCUT2D eigenvalue weighted by molar-refractivity contribution is 7.09. The molecule has 2 heterocycles. The van der Waals surface area contributed by atoms with E-state index in [0.29, 0.717) is 19.4 Å². The molecule has 1 aliphatic heterocycles. The van der Waals surface area contributed by atoms with Gasteiger partial charge in [-0.05, 0) is 26.7 Å². The third kappa shape index (κ3) is 2.56. The molecule has 0 aliphatic carbocycles. The first-order valence-corrected chi connectivity index (χ1v) is 6.92. The van der Waals surface area contributed by atoms with Crippen LogP contribution in [-0.4, -0.2) is 39.0 Å². The number of aliphatic carboxylic acids is 1. The van der Waals surface area contributed by atoms with Gasteiger partial charge >= 0.3 is 10.8 Å². The van der Waals surface area contributed by atoms with Crippen LogP contribution in [0.2, 0.25) is 0 Å². The Morgan fingerprint density at radius 3 is 2.63 bits per heavy atom. The Balaban J connectivity index is 2.17. The van der Waals surface area contributed by atoms with Crippen LogP contribution in [0.5, 0.6) is 0 Å². The van der Waals surface area contributed by atoms with Crippen molar-refractivity contribution < 1.29 is 14.7 Å². The zero-order chi connectivity index (χ0) is 14.2. The maximum absolute atomic E-state index is 12.2. The van der Waals surface area contributed by atoms with E-state index >= 15 is 0 Å². The molecule has 1 fully saturated rings. The molecule has 1 unspecified atom stereocenters. The molecule has 1 N–H and O–H groups in total. The van der Waals surface area contributed by atoms with E-state index in [1.807, 2.05) is 6.92 Å². The summed E-state index contributed by atoms with van der Waals surface area (Å²) in [6, 6.07) is -0.747. The fraction of sp³-hybridized carbons (Fsp3) is 0.583. The fourth-order valence-electron chi connectivity index (χ4n) is 2.32. The summed E-state index contributed by atoms with van der Waals surface area (Å²) in [7, 11) is 0. The fourth-order valence-corrected chi connectivity index (χ4v) is 3.15. The second kappa shape index (κ2) is 5.16. The third-order valence-corrected chi connectivity index (χ3v) is 4.52. The molecular weight excluding hydrogens is 268 g/mol. The van der Waals surface area contributed by atoms with Gasteiger partial charge in [0.15, 0.2) is 0 Å². The SMILES string of the molecule is Cc1sc(=O)n(CC(=O)N2CCCC2C(=O)O)c1C. The van der Waals surface area contributed by atoms with Crippen molar-refractivity contribution in [3.8, 4) is 0 Å².